The van der Waals surface area contributed by atoms with Gasteiger partial charge in [0.25, 0.3) is 0 Å². The van der Waals surface area contributed by atoms with Crippen LogP contribution in [0.2, 0.25) is 5.15 Å². The Labute approximate surface area is 123 Å². The lowest BCUT2D eigenvalue weighted by atomic mass is 10.2. The van der Waals surface area contributed by atoms with Crippen LogP contribution in [0.3, 0.4) is 0 Å². The predicted molar refractivity (Wildman–Crippen MR) is 79.8 cm³/mol. The van der Waals surface area contributed by atoms with Gasteiger partial charge < -0.3 is 5.32 Å². The van der Waals surface area contributed by atoms with E-state index in [2.05, 4.69) is 36.2 Å². The first-order valence-corrected chi connectivity index (χ1v) is 6.68. The van der Waals surface area contributed by atoms with Crippen LogP contribution in [0.1, 0.15) is 0 Å². The SMILES string of the molecule is Clc1cncc(Nc2cccc3cc(Br)cnc23)n1. The summed E-state index contributed by atoms with van der Waals surface area (Å²) in [4.78, 5) is 12.5. The summed E-state index contributed by atoms with van der Waals surface area (Å²) in [5.41, 5.74) is 1.73. The fraction of sp³-hybridized carbons (Fsp3) is 0. The fourth-order valence-electron chi connectivity index (χ4n) is 1.78. The van der Waals surface area contributed by atoms with Gasteiger partial charge in [-0.2, -0.15) is 0 Å². The molecular formula is C13H8BrClN4. The molecule has 0 saturated carbocycles. The standard InChI is InChI=1S/C13H8BrClN4/c14-9-4-8-2-1-3-10(13(8)17-5-9)18-12-7-16-6-11(15)19-12/h1-7H,(H,18,19). The summed E-state index contributed by atoms with van der Waals surface area (Å²) >= 11 is 9.23. The summed E-state index contributed by atoms with van der Waals surface area (Å²) in [6.45, 7) is 0. The van der Waals surface area contributed by atoms with Crippen molar-refractivity contribution >= 4 is 49.9 Å². The molecule has 0 atom stereocenters. The van der Waals surface area contributed by atoms with E-state index in [0.29, 0.717) is 11.0 Å². The molecule has 3 aromatic rings. The van der Waals surface area contributed by atoms with Crippen molar-refractivity contribution in [1.29, 1.82) is 0 Å². The summed E-state index contributed by atoms with van der Waals surface area (Å²) in [6, 6.07) is 7.90. The third kappa shape index (κ3) is 2.67. The van der Waals surface area contributed by atoms with Gasteiger partial charge in [-0.25, -0.2) is 4.98 Å². The number of hydrogen-bond acceptors (Lipinski definition) is 4. The van der Waals surface area contributed by atoms with Crippen LogP contribution in [0, 0.1) is 0 Å². The minimum atomic E-state index is 0.348. The maximum absolute atomic E-state index is 5.81. The Kier molecular flexibility index (Phi) is 3.31. The average molecular weight is 336 g/mol. The van der Waals surface area contributed by atoms with Gasteiger partial charge in [0.15, 0.2) is 5.82 Å². The monoisotopic (exact) mass is 334 g/mol. The zero-order chi connectivity index (χ0) is 13.2. The predicted octanol–water partition coefficient (Wildman–Crippen LogP) is 4.18. The van der Waals surface area contributed by atoms with Gasteiger partial charge in [-0.1, -0.05) is 23.7 Å². The number of halogens is 2. The molecule has 0 radical (unpaired) electrons. The van der Waals surface area contributed by atoms with Crippen LogP contribution in [0.25, 0.3) is 10.9 Å². The van der Waals surface area contributed by atoms with Gasteiger partial charge in [0, 0.05) is 16.1 Å². The molecule has 0 unspecified atom stereocenters. The first-order valence-electron chi connectivity index (χ1n) is 5.51. The number of pyridine rings is 1. The van der Waals surface area contributed by atoms with E-state index in [1.807, 2.05) is 24.3 Å². The topological polar surface area (TPSA) is 50.7 Å². The van der Waals surface area contributed by atoms with E-state index in [1.54, 1.807) is 12.4 Å². The zero-order valence-corrected chi connectivity index (χ0v) is 12.0. The van der Waals surface area contributed by atoms with Gasteiger partial charge in [-0.05, 0) is 28.1 Å². The molecule has 3 rings (SSSR count). The number of nitrogens with zero attached hydrogens (tertiary/aromatic N) is 3. The molecule has 0 bridgehead atoms. The molecule has 1 aromatic carbocycles. The van der Waals surface area contributed by atoms with Crippen molar-refractivity contribution in [3.05, 3.63) is 52.5 Å². The summed E-state index contributed by atoms with van der Waals surface area (Å²) in [6.07, 6.45) is 4.87. The van der Waals surface area contributed by atoms with Gasteiger partial charge in [-0.15, -0.1) is 0 Å². The number of anilines is 2. The molecule has 0 spiro atoms. The second-order valence-corrected chi connectivity index (χ2v) is 5.19. The lowest BCUT2D eigenvalue weighted by Gasteiger charge is -2.08. The maximum atomic E-state index is 5.81. The minimum Gasteiger partial charge on any atom is -0.337 e. The highest BCUT2D eigenvalue weighted by Crippen LogP contribution is 2.26. The van der Waals surface area contributed by atoms with Gasteiger partial charge >= 0.3 is 0 Å². The Bertz CT molecular complexity index is 748. The Morgan fingerprint density at radius 2 is 2.05 bits per heavy atom. The van der Waals surface area contributed by atoms with E-state index in [1.165, 1.54) is 6.20 Å². The highest BCUT2D eigenvalue weighted by Gasteiger charge is 2.04. The van der Waals surface area contributed by atoms with Gasteiger partial charge in [0.05, 0.1) is 23.6 Å². The molecule has 0 saturated heterocycles. The molecule has 0 fully saturated rings. The lowest BCUT2D eigenvalue weighted by Crippen LogP contribution is -1.96. The maximum Gasteiger partial charge on any atom is 0.150 e. The summed E-state index contributed by atoms with van der Waals surface area (Å²) in [5, 5.41) is 4.56. The third-order valence-corrected chi connectivity index (χ3v) is 3.16. The normalized spacial score (nSPS) is 10.6. The molecular weight excluding hydrogens is 328 g/mol. The Hall–Kier alpha value is -1.72. The molecule has 0 aliphatic heterocycles. The van der Waals surface area contributed by atoms with E-state index >= 15 is 0 Å². The second-order valence-electron chi connectivity index (χ2n) is 3.88. The first-order chi connectivity index (χ1) is 9.22. The van der Waals surface area contributed by atoms with Crippen molar-refractivity contribution in [1.82, 2.24) is 15.0 Å². The minimum absolute atomic E-state index is 0.348. The number of benzene rings is 1. The Morgan fingerprint density at radius 3 is 2.89 bits per heavy atom. The summed E-state index contributed by atoms with van der Waals surface area (Å²) in [7, 11) is 0. The fourth-order valence-corrected chi connectivity index (χ4v) is 2.27. The number of hydrogen-bond donors (Lipinski definition) is 1. The number of aromatic nitrogens is 3. The Balaban J connectivity index is 2.06. The van der Waals surface area contributed by atoms with Crippen LogP contribution in [-0.2, 0) is 0 Å². The van der Waals surface area contributed by atoms with Crippen LogP contribution in [0.5, 0.6) is 0 Å². The molecule has 1 N–H and O–H groups in total. The van der Waals surface area contributed by atoms with Crippen molar-refractivity contribution in [2.24, 2.45) is 0 Å². The van der Waals surface area contributed by atoms with Crippen LogP contribution in [-0.4, -0.2) is 15.0 Å². The largest absolute Gasteiger partial charge is 0.337 e. The molecule has 0 aliphatic carbocycles. The van der Waals surface area contributed by atoms with E-state index in [9.17, 15) is 0 Å². The molecule has 19 heavy (non-hydrogen) atoms. The highest BCUT2D eigenvalue weighted by atomic mass is 79.9. The number of para-hydroxylation sites is 1. The molecule has 2 aromatic heterocycles. The lowest BCUT2D eigenvalue weighted by molar-refractivity contribution is 1.20. The number of rotatable bonds is 2. The van der Waals surface area contributed by atoms with Gasteiger partial charge in [0.1, 0.15) is 5.15 Å². The van der Waals surface area contributed by atoms with E-state index < -0.39 is 0 Å². The summed E-state index contributed by atoms with van der Waals surface area (Å²) < 4.78 is 0.944. The average Bonchev–Trinajstić information content (AvgIpc) is 2.38. The Morgan fingerprint density at radius 1 is 1.16 bits per heavy atom. The smallest absolute Gasteiger partial charge is 0.150 e. The van der Waals surface area contributed by atoms with Crippen molar-refractivity contribution in [3.63, 3.8) is 0 Å². The van der Waals surface area contributed by atoms with Crippen LogP contribution in [0.4, 0.5) is 11.5 Å². The number of nitrogens with one attached hydrogen (secondary N) is 1. The third-order valence-electron chi connectivity index (χ3n) is 2.55. The van der Waals surface area contributed by atoms with Crippen molar-refractivity contribution in [3.8, 4) is 0 Å². The van der Waals surface area contributed by atoms with Gasteiger partial charge in [0.2, 0.25) is 0 Å². The van der Waals surface area contributed by atoms with Crippen molar-refractivity contribution in [2.75, 3.05) is 5.32 Å². The van der Waals surface area contributed by atoms with E-state index in [-0.39, 0.29) is 0 Å². The molecule has 4 nitrogen and oxygen atoms in total. The molecule has 2 heterocycles. The van der Waals surface area contributed by atoms with E-state index in [4.69, 9.17) is 11.6 Å². The highest BCUT2D eigenvalue weighted by molar-refractivity contribution is 9.10. The second kappa shape index (κ2) is 5.11. The van der Waals surface area contributed by atoms with Crippen molar-refractivity contribution in [2.45, 2.75) is 0 Å². The molecule has 0 amide bonds. The van der Waals surface area contributed by atoms with Crippen LogP contribution < -0.4 is 5.32 Å². The molecule has 94 valence electrons. The summed E-state index contributed by atoms with van der Waals surface area (Å²) in [5.74, 6) is 0.588. The van der Waals surface area contributed by atoms with Crippen molar-refractivity contribution < 1.29 is 0 Å². The van der Waals surface area contributed by atoms with Crippen LogP contribution in [0.15, 0.2) is 47.3 Å². The van der Waals surface area contributed by atoms with Crippen LogP contribution >= 0.6 is 27.5 Å². The first kappa shape index (κ1) is 12.3. The van der Waals surface area contributed by atoms with E-state index in [0.717, 1.165) is 21.1 Å². The zero-order valence-electron chi connectivity index (χ0n) is 9.64. The van der Waals surface area contributed by atoms with Gasteiger partial charge in [-0.3, -0.25) is 9.97 Å². The number of fused-ring (bicyclic) bond motifs is 1. The quantitative estimate of drug-likeness (QED) is 0.763. The molecule has 0 aliphatic rings. The molecule has 6 heteroatoms.